The van der Waals surface area contributed by atoms with Crippen LogP contribution in [0.25, 0.3) is 44.5 Å². The highest BCUT2D eigenvalue weighted by atomic mass is 15.1. The average Bonchev–Trinajstić information content (AvgIpc) is 3.75. The second-order valence-corrected chi connectivity index (χ2v) is 17.4. The highest BCUT2D eigenvalue weighted by molar-refractivity contribution is 5.96. The van der Waals surface area contributed by atoms with E-state index in [2.05, 4.69) is 222 Å². The fraction of sp³-hybridized carbons (Fsp3) is 0.143. The van der Waals surface area contributed by atoms with Crippen LogP contribution >= 0.6 is 0 Å². The fourth-order valence-corrected chi connectivity index (χ4v) is 10.9. The van der Waals surface area contributed by atoms with Gasteiger partial charge in [0, 0.05) is 33.2 Å². The molecule has 0 aromatic heterocycles. The molecule has 274 valence electrons. The number of rotatable bonds is 5. The van der Waals surface area contributed by atoms with E-state index >= 15 is 0 Å². The van der Waals surface area contributed by atoms with Crippen LogP contribution in [-0.2, 0) is 16.2 Å². The standard InChI is InChI=1S/C56H45N/c1-54(2)47-26-13-9-20-39(47)42-32-30-37(34-50(42)54)57(38-31-33-43-40-21-11-15-28-49(40)56(5,51(43)35-38)36-18-7-6-8-19-36)52-29-16-12-23-44(52)46-25-17-24-45-41-22-10-14-27-48(41)55(3,4)53(45)46/h6-35H,1-5H3. The summed E-state index contributed by atoms with van der Waals surface area (Å²) < 4.78 is 0. The monoisotopic (exact) mass is 731 g/mol. The minimum Gasteiger partial charge on any atom is -0.310 e. The molecule has 0 N–H and O–H groups in total. The summed E-state index contributed by atoms with van der Waals surface area (Å²) in [5.41, 5.74) is 22.9. The Bertz CT molecular complexity index is 2930. The lowest BCUT2D eigenvalue weighted by Gasteiger charge is -2.33. The lowest BCUT2D eigenvalue weighted by Crippen LogP contribution is -2.23. The van der Waals surface area contributed by atoms with Gasteiger partial charge in [0.2, 0.25) is 0 Å². The molecule has 11 rings (SSSR count). The summed E-state index contributed by atoms with van der Waals surface area (Å²) in [6.07, 6.45) is 0. The summed E-state index contributed by atoms with van der Waals surface area (Å²) in [4.78, 5) is 2.54. The van der Waals surface area contributed by atoms with Crippen LogP contribution in [0.1, 0.15) is 73.6 Å². The summed E-state index contributed by atoms with van der Waals surface area (Å²) >= 11 is 0. The van der Waals surface area contributed by atoms with E-state index < -0.39 is 0 Å². The predicted octanol–water partition coefficient (Wildman–Crippen LogP) is 14.8. The van der Waals surface area contributed by atoms with E-state index in [4.69, 9.17) is 0 Å². The zero-order valence-electron chi connectivity index (χ0n) is 33.3. The quantitative estimate of drug-likeness (QED) is 0.170. The number of anilines is 3. The zero-order chi connectivity index (χ0) is 38.7. The van der Waals surface area contributed by atoms with Gasteiger partial charge in [0.15, 0.2) is 0 Å². The molecule has 0 aliphatic heterocycles. The number of para-hydroxylation sites is 1. The number of hydrogen-bond donors (Lipinski definition) is 0. The molecular formula is C56H45N. The van der Waals surface area contributed by atoms with Crippen LogP contribution < -0.4 is 4.90 Å². The van der Waals surface area contributed by atoms with Gasteiger partial charge in [-0.3, -0.25) is 0 Å². The second-order valence-electron chi connectivity index (χ2n) is 17.4. The lowest BCUT2D eigenvalue weighted by molar-refractivity contribution is 0.660. The van der Waals surface area contributed by atoms with Crippen molar-refractivity contribution in [3.63, 3.8) is 0 Å². The van der Waals surface area contributed by atoms with Gasteiger partial charge >= 0.3 is 0 Å². The Morgan fingerprint density at radius 3 is 1.42 bits per heavy atom. The van der Waals surface area contributed by atoms with Crippen molar-refractivity contribution in [2.45, 2.75) is 50.9 Å². The summed E-state index contributed by atoms with van der Waals surface area (Å²) in [6.45, 7) is 12.0. The van der Waals surface area contributed by atoms with Crippen molar-refractivity contribution in [1.82, 2.24) is 0 Å². The Labute approximate surface area is 336 Å². The first kappa shape index (κ1) is 33.9. The Hall–Kier alpha value is -6.44. The molecule has 8 aromatic rings. The molecule has 0 saturated heterocycles. The number of hydrogen-bond acceptors (Lipinski definition) is 1. The van der Waals surface area contributed by atoms with Gasteiger partial charge in [-0.25, -0.2) is 0 Å². The Kier molecular flexibility index (Phi) is 7.15. The third-order valence-electron chi connectivity index (χ3n) is 13.7. The van der Waals surface area contributed by atoms with Gasteiger partial charge in [0.1, 0.15) is 0 Å². The van der Waals surface area contributed by atoms with E-state index in [0.29, 0.717) is 0 Å². The molecule has 1 unspecified atom stereocenters. The molecule has 57 heavy (non-hydrogen) atoms. The molecule has 0 bridgehead atoms. The third kappa shape index (κ3) is 4.63. The average molecular weight is 732 g/mol. The van der Waals surface area contributed by atoms with E-state index in [1.807, 2.05) is 0 Å². The summed E-state index contributed by atoms with van der Waals surface area (Å²) in [6, 6.07) is 68.4. The minimum atomic E-state index is -0.313. The maximum absolute atomic E-state index is 2.54. The molecule has 0 spiro atoms. The molecule has 0 saturated carbocycles. The first-order valence-electron chi connectivity index (χ1n) is 20.4. The van der Waals surface area contributed by atoms with E-state index in [1.165, 1.54) is 89.1 Å². The number of benzene rings is 8. The topological polar surface area (TPSA) is 3.24 Å². The maximum atomic E-state index is 2.54. The molecule has 0 fully saturated rings. The van der Waals surface area contributed by atoms with Crippen molar-refractivity contribution in [3.8, 4) is 44.5 Å². The van der Waals surface area contributed by atoms with Crippen LogP contribution in [-0.4, -0.2) is 0 Å². The number of nitrogens with zero attached hydrogens (tertiary/aromatic N) is 1. The highest BCUT2D eigenvalue weighted by Gasteiger charge is 2.42. The molecule has 3 aliphatic carbocycles. The van der Waals surface area contributed by atoms with Crippen LogP contribution in [0.2, 0.25) is 0 Å². The van der Waals surface area contributed by atoms with Crippen LogP contribution in [0.3, 0.4) is 0 Å². The van der Waals surface area contributed by atoms with E-state index in [9.17, 15) is 0 Å². The van der Waals surface area contributed by atoms with Gasteiger partial charge < -0.3 is 4.90 Å². The molecule has 3 aliphatic rings. The SMILES string of the molecule is CC1(C)c2ccccc2-c2ccc(N(c3ccc4c(c3)C(C)(c3ccccc3)c3ccccc3-4)c3ccccc3-c3cccc4c3C(C)(C)c3ccccc3-4)cc21. The van der Waals surface area contributed by atoms with Crippen molar-refractivity contribution in [3.05, 3.63) is 221 Å². The van der Waals surface area contributed by atoms with Gasteiger partial charge in [-0.05, 0) is 115 Å². The number of fused-ring (bicyclic) bond motifs is 9. The summed E-state index contributed by atoms with van der Waals surface area (Å²) in [7, 11) is 0. The van der Waals surface area contributed by atoms with Gasteiger partial charge in [-0.15, -0.1) is 0 Å². The summed E-state index contributed by atoms with van der Waals surface area (Å²) in [5, 5.41) is 0. The lowest BCUT2D eigenvalue weighted by atomic mass is 9.74. The van der Waals surface area contributed by atoms with Gasteiger partial charge in [-0.2, -0.15) is 0 Å². The predicted molar refractivity (Wildman–Crippen MR) is 239 cm³/mol. The fourth-order valence-electron chi connectivity index (χ4n) is 10.9. The largest absolute Gasteiger partial charge is 0.310 e. The zero-order valence-corrected chi connectivity index (χ0v) is 33.3. The van der Waals surface area contributed by atoms with Crippen LogP contribution in [0.15, 0.2) is 182 Å². The van der Waals surface area contributed by atoms with Gasteiger partial charge in [-0.1, -0.05) is 179 Å². The molecule has 0 heterocycles. The Morgan fingerprint density at radius 2 is 0.754 bits per heavy atom. The van der Waals surface area contributed by atoms with Crippen molar-refractivity contribution < 1.29 is 0 Å². The van der Waals surface area contributed by atoms with E-state index in [1.54, 1.807) is 0 Å². The maximum Gasteiger partial charge on any atom is 0.0540 e. The van der Waals surface area contributed by atoms with Crippen molar-refractivity contribution in [2.24, 2.45) is 0 Å². The molecule has 0 radical (unpaired) electrons. The first-order chi connectivity index (χ1) is 27.7. The van der Waals surface area contributed by atoms with Crippen LogP contribution in [0.4, 0.5) is 17.1 Å². The molecule has 1 atom stereocenters. The van der Waals surface area contributed by atoms with Crippen molar-refractivity contribution in [1.29, 1.82) is 0 Å². The van der Waals surface area contributed by atoms with E-state index in [0.717, 1.165) is 11.4 Å². The minimum absolute atomic E-state index is 0.130. The third-order valence-corrected chi connectivity index (χ3v) is 13.7. The van der Waals surface area contributed by atoms with Crippen molar-refractivity contribution >= 4 is 17.1 Å². The normalized spacial score (nSPS) is 17.2. The van der Waals surface area contributed by atoms with E-state index in [-0.39, 0.29) is 16.2 Å². The van der Waals surface area contributed by atoms with Crippen molar-refractivity contribution in [2.75, 3.05) is 4.90 Å². The first-order valence-corrected chi connectivity index (χ1v) is 20.4. The highest BCUT2D eigenvalue weighted by Crippen LogP contribution is 2.57. The molecular weight excluding hydrogens is 687 g/mol. The smallest absolute Gasteiger partial charge is 0.0540 e. The Morgan fingerprint density at radius 1 is 0.316 bits per heavy atom. The molecule has 1 nitrogen and oxygen atoms in total. The van der Waals surface area contributed by atoms with Crippen LogP contribution in [0, 0.1) is 0 Å². The Balaban J connectivity index is 1.17. The molecule has 8 aromatic carbocycles. The summed E-state index contributed by atoms with van der Waals surface area (Å²) in [5.74, 6) is 0. The van der Waals surface area contributed by atoms with Crippen LogP contribution in [0.5, 0.6) is 0 Å². The molecule has 0 amide bonds. The molecule has 1 heteroatoms. The van der Waals surface area contributed by atoms with Gasteiger partial charge in [0.25, 0.3) is 0 Å². The second kappa shape index (κ2) is 12.0. The van der Waals surface area contributed by atoms with Gasteiger partial charge in [0.05, 0.1) is 5.69 Å².